The monoisotopic (exact) mass is 263 g/mol. The van der Waals surface area contributed by atoms with Crippen LogP contribution in [0.5, 0.6) is 5.75 Å². The molecule has 2 rings (SSSR count). The van der Waals surface area contributed by atoms with Crippen molar-refractivity contribution in [3.05, 3.63) is 29.3 Å². The molecule has 0 aliphatic heterocycles. The van der Waals surface area contributed by atoms with Crippen LogP contribution in [0.3, 0.4) is 0 Å². The fourth-order valence-electron chi connectivity index (χ4n) is 2.53. The maximum Gasteiger partial charge on any atom is 0.123 e. The zero-order valence-corrected chi connectivity index (χ0v) is 12.4. The topological polar surface area (TPSA) is 32.7 Å². The summed E-state index contributed by atoms with van der Waals surface area (Å²) in [6.07, 6.45) is 2.28. The van der Waals surface area contributed by atoms with E-state index in [4.69, 9.17) is 4.74 Å². The Labute approximate surface area is 116 Å². The molecule has 1 N–H and O–H groups in total. The summed E-state index contributed by atoms with van der Waals surface area (Å²) in [7, 11) is 3.86. The Morgan fingerprint density at radius 2 is 2.05 bits per heavy atom. The van der Waals surface area contributed by atoms with Crippen molar-refractivity contribution in [3.8, 4) is 5.75 Å². The van der Waals surface area contributed by atoms with Gasteiger partial charge >= 0.3 is 0 Å². The second kappa shape index (κ2) is 5.93. The lowest BCUT2D eigenvalue weighted by Gasteiger charge is -2.25. The van der Waals surface area contributed by atoms with E-state index in [1.807, 2.05) is 12.1 Å². The summed E-state index contributed by atoms with van der Waals surface area (Å²) in [5, 5.41) is 9.70. The van der Waals surface area contributed by atoms with Gasteiger partial charge in [-0.05, 0) is 57.4 Å². The molecule has 3 heteroatoms. The predicted octanol–water partition coefficient (Wildman–Crippen LogP) is 2.98. The molecule has 0 saturated heterocycles. The number of benzene rings is 1. The summed E-state index contributed by atoms with van der Waals surface area (Å²) in [5.41, 5.74) is 2.10. The van der Waals surface area contributed by atoms with Gasteiger partial charge in [0, 0.05) is 18.2 Å². The van der Waals surface area contributed by atoms with Crippen molar-refractivity contribution >= 4 is 0 Å². The summed E-state index contributed by atoms with van der Waals surface area (Å²) in [6, 6.07) is 6.55. The first-order chi connectivity index (χ1) is 9.02. The number of hydrogen-bond acceptors (Lipinski definition) is 3. The smallest absolute Gasteiger partial charge is 0.123 e. The van der Waals surface area contributed by atoms with Crippen molar-refractivity contribution in [3.63, 3.8) is 0 Å². The highest BCUT2D eigenvalue weighted by molar-refractivity contribution is 5.38. The minimum absolute atomic E-state index is 0.434. The molecule has 0 bridgehead atoms. The first kappa shape index (κ1) is 14.4. The van der Waals surface area contributed by atoms with E-state index in [-0.39, 0.29) is 0 Å². The van der Waals surface area contributed by atoms with Crippen LogP contribution in [-0.4, -0.2) is 30.2 Å². The molecule has 2 unspecified atom stereocenters. The molecule has 1 aliphatic rings. The van der Waals surface area contributed by atoms with Crippen LogP contribution in [0.25, 0.3) is 0 Å². The van der Waals surface area contributed by atoms with Gasteiger partial charge < -0.3 is 9.84 Å². The number of ether oxygens (including phenoxy) is 1. The third-order valence-corrected chi connectivity index (χ3v) is 4.21. The van der Waals surface area contributed by atoms with Crippen LogP contribution in [0.15, 0.2) is 18.2 Å². The second-order valence-corrected chi connectivity index (χ2v) is 5.74. The maximum atomic E-state index is 9.70. The molecule has 1 saturated carbocycles. The van der Waals surface area contributed by atoms with E-state index < -0.39 is 6.10 Å². The average molecular weight is 263 g/mol. The Morgan fingerprint density at radius 3 is 2.58 bits per heavy atom. The summed E-state index contributed by atoms with van der Waals surface area (Å²) >= 11 is 0. The highest BCUT2D eigenvalue weighted by Gasteiger charge is 2.30. The van der Waals surface area contributed by atoms with Gasteiger partial charge in [0.05, 0.1) is 13.2 Å². The van der Waals surface area contributed by atoms with Crippen LogP contribution in [0.4, 0.5) is 0 Å². The third-order valence-electron chi connectivity index (χ3n) is 4.21. The van der Waals surface area contributed by atoms with Gasteiger partial charge in [-0.2, -0.15) is 0 Å². The Balaban J connectivity index is 2.14. The predicted molar refractivity (Wildman–Crippen MR) is 77.3 cm³/mol. The van der Waals surface area contributed by atoms with E-state index in [0.29, 0.717) is 6.04 Å². The standard InChI is InChI=1S/C16H25NO2/c1-11(13-5-6-13)17(3)10-15-9-14(12(2)18)7-8-16(15)19-4/h7-9,11-13,18H,5-6,10H2,1-4H3. The van der Waals surface area contributed by atoms with Gasteiger partial charge in [-0.15, -0.1) is 0 Å². The lowest BCUT2D eigenvalue weighted by molar-refractivity contribution is 0.198. The Morgan fingerprint density at radius 1 is 1.37 bits per heavy atom. The lowest BCUT2D eigenvalue weighted by Crippen LogP contribution is -2.30. The van der Waals surface area contributed by atoms with Crippen LogP contribution < -0.4 is 4.74 Å². The number of rotatable bonds is 6. The Hall–Kier alpha value is -1.06. The molecule has 1 aromatic rings. The summed E-state index contributed by atoms with van der Waals surface area (Å²) in [4.78, 5) is 2.38. The van der Waals surface area contributed by atoms with Crippen molar-refractivity contribution < 1.29 is 9.84 Å². The number of methoxy groups -OCH3 is 1. The Kier molecular flexibility index (Phi) is 4.48. The number of aliphatic hydroxyl groups excluding tert-OH is 1. The van der Waals surface area contributed by atoms with E-state index in [1.54, 1.807) is 14.0 Å². The van der Waals surface area contributed by atoms with Gasteiger partial charge in [0.15, 0.2) is 0 Å². The van der Waals surface area contributed by atoms with Gasteiger partial charge in [0.1, 0.15) is 5.75 Å². The molecule has 3 nitrogen and oxygen atoms in total. The average Bonchev–Trinajstić information content (AvgIpc) is 3.21. The molecule has 0 heterocycles. The molecule has 1 fully saturated rings. The molecular formula is C16H25NO2. The summed E-state index contributed by atoms with van der Waals surface area (Å²) < 4.78 is 5.43. The lowest BCUT2D eigenvalue weighted by atomic mass is 10.0. The third kappa shape index (κ3) is 3.48. The fourth-order valence-corrected chi connectivity index (χ4v) is 2.53. The quantitative estimate of drug-likeness (QED) is 0.856. The molecule has 2 atom stereocenters. The SMILES string of the molecule is COc1ccc(C(C)O)cc1CN(C)C(C)C1CC1. The van der Waals surface area contributed by atoms with E-state index in [9.17, 15) is 5.11 Å². The zero-order chi connectivity index (χ0) is 14.0. The van der Waals surface area contributed by atoms with Crippen molar-refractivity contribution in [2.24, 2.45) is 5.92 Å². The van der Waals surface area contributed by atoms with E-state index in [0.717, 1.165) is 29.3 Å². The van der Waals surface area contributed by atoms with Gasteiger partial charge in [0.2, 0.25) is 0 Å². The van der Waals surface area contributed by atoms with Gasteiger partial charge in [-0.3, -0.25) is 4.90 Å². The maximum absolute atomic E-state index is 9.70. The van der Waals surface area contributed by atoms with E-state index >= 15 is 0 Å². The fraction of sp³-hybridized carbons (Fsp3) is 0.625. The summed E-state index contributed by atoms with van der Waals surface area (Å²) in [5.74, 6) is 1.76. The highest BCUT2D eigenvalue weighted by atomic mass is 16.5. The normalized spacial score (nSPS) is 18.4. The van der Waals surface area contributed by atoms with Crippen molar-refractivity contribution in [2.45, 2.75) is 45.4 Å². The van der Waals surface area contributed by atoms with E-state index in [2.05, 4.69) is 24.9 Å². The molecule has 19 heavy (non-hydrogen) atoms. The molecule has 0 amide bonds. The molecule has 0 spiro atoms. The number of hydrogen-bond donors (Lipinski definition) is 1. The molecule has 0 aromatic heterocycles. The van der Waals surface area contributed by atoms with Crippen LogP contribution >= 0.6 is 0 Å². The van der Waals surface area contributed by atoms with Crippen molar-refractivity contribution in [1.82, 2.24) is 4.90 Å². The van der Waals surface area contributed by atoms with Gasteiger partial charge in [-0.1, -0.05) is 6.07 Å². The zero-order valence-electron chi connectivity index (χ0n) is 12.4. The number of nitrogens with zero attached hydrogens (tertiary/aromatic N) is 1. The first-order valence-corrected chi connectivity index (χ1v) is 7.08. The van der Waals surface area contributed by atoms with Crippen LogP contribution in [0.2, 0.25) is 0 Å². The highest BCUT2D eigenvalue weighted by Crippen LogP contribution is 2.35. The van der Waals surface area contributed by atoms with Gasteiger partial charge in [-0.25, -0.2) is 0 Å². The molecule has 1 aromatic carbocycles. The number of aliphatic hydroxyl groups is 1. The van der Waals surface area contributed by atoms with Crippen molar-refractivity contribution in [1.29, 1.82) is 0 Å². The minimum Gasteiger partial charge on any atom is -0.496 e. The molecule has 0 radical (unpaired) electrons. The first-order valence-electron chi connectivity index (χ1n) is 7.08. The second-order valence-electron chi connectivity index (χ2n) is 5.74. The van der Waals surface area contributed by atoms with Crippen LogP contribution in [-0.2, 0) is 6.54 Å². The van der Waals surface area contributed by atoms with Crippen LogP contribution in [0.1, 0.15) is 43.9 Å². The molecule has 1 aliphatic carbocycles. The van der Waals surface area contributed by atoms with Crippen molar-refractivity contribution in [2.75, 3.05) is 14.2 Å². The van der Waals surface area contributed by atoms with Gasteiger partial charge in [0.25, 0.3) is 0 Å². The molecule has 106 valence electrons. The van der Waals surface area contributed by atoms with Crippen LogP contribution in [0, 0.1) is 5.92 Å². The molecular weight excluding hydrogens is 238 g/mol. The minimum atomic E-state index is -0.434. The largest absolute Gasteiger partial charge is 0.496 e. The summed E-state index contributed by atoms with van der Waals surface area (Å²) in [6.45, 7) is 4.95. The Bertz CT molecular complexity index is 427. The van der Waals surface area contributed by atoms with E-state index in [1.165, 1.54) is 12.8 Å².